The van der Waals surface area contributed by atoms with Gasteiger partial charge in [0.1, 0.15) is 0 Å². The minimum Gasteiger partial charge on any atom is -0.399 e. The summed E-state index contributed by atoms with van der Waals surface area (Å²) in [5.74, 6) is -0.0537. The monoisotopic (exact) mass is 277 g/mol. The van der Waals surface area contributed by atoms with Crippen LogP contribution in [-0.4, -0.2) is 38.8 Å². The van der Waals surface area contributed by atoms with Crippen LogP contribution in [-0.2, 0) is 4.74 Å². The molecule has 3 N–H and O–H groups in total. The molecule has 110 valence electrons. The lowest BCUT2D eigenvalue weighted by atomic mass is 10.0. The molecule has 0 spiro atoms. The lowest BCUT2D eigenvalue weighted by Gasteiger charge is -2.34. The Morgan fingerprint density at radius 1 is 1.55 bits per heavy atom. The predicted octanol–water partition coefficient (Wildman–Crippen LogP) is 1.63. The number of nitrogen functional groups attached to an aromatic ring is 1. The highest BCUT2D eigenvalue weighted by atomic mass is 16.5. The SMILES string of the molecule is CCNC(=O)c1ccc(N)cc1N1CCCC(OC)C1. The maximum absolute atomic E-state index is 12.2. The number of methoxy groups -OCH3 is 1. The van der Waals surface area contributed by atoms with Crippen LogP contribution < -0.4 is 16.0 Å². The molecule has 1 aromatic carbocycles. The normalized spacial score (nSPS) is 18.9. The zero-order chi connectivity index (χ0) is 14.5. The van der Waals surface area contributed by atoms with E-state index in [1.54, 1.807) is 19.2 Å². The lowest BCUT2D eigenvalue weighted by Crippen LogP contribution is -2.40. The zero-order valence-electron chi connectivity index (χ0n) is 12.2. The third-order valence-corrected chi connectivity index (χ3v) is 3.66. The van der Waals surface area contributed by atoms with Gasteiger partial charge in [0.2, 0.25) is 0 Å². The summed E-state index contributed by atoms with van der Waals surface area (Å²) in [7, 11) is 1.73. The van der Waals surface area contributed by atoms with Gasteiger partial charge in [-0.3, -0.25) is 4.79 Å². The first-order chi connectivity index (χ1) is 9.65. The van der Waals surface area contributed by atoms with Gasteiger partial charge < -0.3 is 20.7 Å². The van der Waals surface area contributed by atoms with Crippen molar-refractivity contribution in [2.24, 2.45) is 0 Å². The van der Waals surface area contributed by atoms with Crippen LogP contribution in [0.1, 0.15) is 30.1 Å². The Bertz CT molecular complexity index is 476. The largest absolute Gasteiger partial charge is 0.399 e. The average Bonchev–Trinajstić information content (AvgIpc) is 2.47. The number of rotatable bonds is 4. The summed E-state index contributed by atoms with van der Waals surface area (Å²) in [6, 6.07) is 5.44. The number of nitrogens with one attached hydrogen (secondary N) is 1. The van der Waals surface area contributed by atoms with Crippen molar-refractivity contribution >= 4 is 17.3 Å². The minimum absolute atomic E-state index is 0.0537. The molecule has 0 radical (unpaired) electrons. The Morgan fingerprint density at radius 3 is 3.05 bits per heavy atom. The highest BCUT2D eigenvalue weighted by Gasteiger charge is 2.23. The molecule has 1 saturated heterocycles. The van der Waals surface area contributed by atoms with Crippen molar-refractivity contribution < 1.29 is 9.53 Å². The second-order valence-corrected chi connectivity index (χ2v) is 5.08. The van der Waals surface area contributed by atoms with Gasteiger partial charge in [0.15, 0.2) is 0 Å². The van der Waals surface area contributed by atoms with Crippen LogP contribution in [0.3, 0.4) is 0 Å². The van der Waals surface area contributed by atoms with Crippen LogP contribution >= 0.6 is 0 Å². The third-order valence-electron chi connectivity index (χ3n) is 3.66. The summed E-state index contributed by atoms with van der Waals surface area (Å²) in [5.41, 5.74) is 8.14. The molecule has 0 aliphatic carbocycles. The highest BCUT2D eigenvalue weighted by Crippen LogP contribution is 2.27. The fourth-order valence-corrected chi connectivity index (χ4v) is 2.61. The second kappa shape index (κ2) is 6.61. The molecule has 0 bridgehead atoms. The van der Waals surface area contributed by atoms with Crippen LogP contribution in [0, 0.1) is 0 Å². The molecule has 1 unspecified atom stereocenters. The van der Waals surface area contributed by atoms with Crippen LogP contribution in [0.25, 0.3) is 0 Å². The quantitative estimate of drug-likeness (QED) is 0.821. The average molecular weight is 277 g/mol. The standard InChI is InChI=1S/C15H23N3O2/c1-3-17-15(19)13-7-6-11(16)9-14(13)18-8-4-5-12(10-18)20-2/h6-7,9,12H,3-5,8,10,16H2,1-2H3,(H,17,19). The van der Waals surface area contributed by atoms with Crippen LogP contribution in [0.2, 0.25) is 0 Å². The number of benzene rings is 1. The number of carbonyl (C=O) groups excluding carboxylic acids is 1. The molecular formula is C15H23N3O2. The van der Waals surface area contributed by atoms with E-state index in [9.17, 15) is 4.79 Å². The van der Waals surface area contributed by atoms with Crippen molar-refractivity contribution in [1.29, 1.82) is 0 Å². The van der Waals surface area contributed by atoms with E-state index in [1.807, 2.05) is 13.0 Å². The first-order valence-corrected chi connectivity index (χ1v) is 7.11. The molecule has 1 aliphatic rings. The number of carbonyl (C=O) groups is 1. The Labute approximate surface area is 120 Å². The molecule has 1 amide bonds. The fraction of sp³-hybridized carbons (Fsp3) is 0.533. The van der Waals surface area contributed by atoms with Gasteiger partial charge in [-0.2, -0.15) is 0 Å². The molecular weight excluding hydrogens is 254 g/mol. The smallest absolute Gasteiger partial charge is 0.253 e. The number of anilines is 2. The van der Waals surface area contributed by atoms with Gasteiger partial charge >= 0.3 is 0 Å². The van der Waals surface area contributed by atoms with Crippen molar-refractivity contribution in [2.45, 2.75) is 25.9 Å². The Balaban J connectivity index is 2.28. The molecule has 1 heterocycles. The minimum atomic E-state index is -0.0537. The van der Waals surface area contributed by atoms with E-state index in [1.165, 1.54) is 0 Å². The van der Waals surface area contributed by atoms with Crippen molar-refractivity contribution in [3.8, 4) is 0 Å². The van der Waals surface area contributed by atoms with E-state index in [2.05, 4.69) is 10.2 Å². The van der Waals surface area contributed by atoms with E-state index in [0.29, 0.717) is 17.8 Å². The number of hydrogen-bond acceptors (Lipinski definition) is 4. The summed E-state index contributed by atoms with van der Waals surface area (Å²) in [4.78, 5) is 14.4. The van der Waals surface area contributed by atoms with Gasteiger partial charge in [-0.25, -0.2) is 0 Å². The van der Waals surface area contributed by atoms with Crippen LogP contribution in [0.5, 0.6) is 0 Å². The Morgan fingerprint density at radius 2 is 2.35 bits per heavy atom. The van der Waals surface area contributed by atoms with Gasteiger partial charge in [-0.15, -0.1) is 0 Å². The van der Waals surface area contributed by atoms with E-state index < -0.39 is 0 Å². The number of nitrogens with two attached hydrogens (primary N) is 1. The molecule has 1 aromatic rings. The molecule has 2 rings (SSSR count). The number of piperidine rings is 1. The number of amides is 1. The molecule has 0 aromatic heterocycles. The van der Waals surface area contributed by atoms with E-state index in [-0.39, 0.29) is 12.0 Å². The summed E-state index contributed by atoms with van der Waals surface area (Å²) in [6.45, 7) is 4.25. The maximum Gasteiger partial charge on any atom is 0.253 e. The number of hydrogen-bond donors (Lipinski definition) is 2. The first-order valence-electron chi connectivity index (χ1n) is 7.11. The highest BCUT2D eigenvalue weighted by molar-refractivity contribution is 6.00. The third kappa shape index (κ3) is 3.22. The summed E-state index contributed by atoms with van der Waals surface area (Å²) >= 11 is 0. The Kier molecular flexibility index (Phi) is 4.84. The molecule has 5 nitrogen and oxygen atoms in total. The van der Waals surface area contributed by atoms with E-state index in [0.717, 1.165) is 31.6 Å². The van der Waals surface area contributed by atoms with Crippen molar-refractivity contribution in [1.82, 2.24) is 5.32 Å². The van der Waals surface area contributed by atoms with Gasteiger partial charge in [0.25, 0.3) is 5.91 Å². The molecule has 20 heavy (non-hydrogen) atoms. The molecule has 5 heteroatoms. The summed E-state index contributed by atoms with van der Waals surface area (Å²) in [6.07, 6.45) is 2.33. The van der Waals surface area contributed by atoms with Gasteiger partial charge in [0.05, 0.1) is 17.4 Å². The molecule has 0 saturated carbocycles. The van der Waals surface area contributed by atoms with E-state index >= 15 is 0 Å². The maximum atomic E-state index is 12.2. The molecule has 1 atom stereocenters. The zero-order valence-corrected chi connectivity index (χ0v) is 12.2. The van der Waals surface area contributed by atoms with Crippen LogP contribution in [0.4, 0.5) is 11.4 Å². The molecule has 1 fully saturated rings. The summed E-state index contributed by atoms with van der Waals surface area (Å²) in [5, 5.41) is 2.85. The summed E-state index contributed by atoms with van der Waals surface area (Å²) < 4.78 is 5.45. The predicted molar refractivity (Wildman–Crippen MR) is 81.1 cm³/mol. The van der Waals surface area contributed by atoms with E-state index in [4.69, 9.17) is 10.5 Å². The Hall–Kier alpha value is -1.75. The lowest BCUT2D eigenvalue weighted by molar-refractivity contribution is 0.0888. The fourth-order valence-electron chi connectivity index (χ4n) is 2.61. The van der Waals surface area contributed by atoms with Crippen LogP contribution in [0.15, 0.2) is 18.2 Å². The number of nitrogens with zero attached hydrogens (tertiary/aromatic N) is 1. The van der Waals surface area contributed by atoms with Gasteiger partial charge in [0, 0.05) is 32.4 Å². The first kappa shape index (κ1) is 14.7. The van der Waals surface area contributed by atoms with Gasteiger partial charge in [-0.05, 0) is 38.0 Å². The van der Waals surface area contributed by atoms with Crippen molar-refractivity contribution in [3.63, 3.8) is 0 Å². The van der Waals surface area contributed by atoms with Crippen molar-refractivity contribution in [2.75, 3.05) is 37.4 Å². The topological polar surface area (TPSA) is 67.6 Å². The van der Waals surface area contributed by atoms with Gasteiger partial charge in [-0.1, -0.05) is 0 Å². The van der Waals surface area contributed by atoms with Crippen molar-refractivity contribution in [3.05, 3.63) is 23.8 Å². The number of ether oxygens (including phenoxy) is 1. The molecule has 1 aliphatic heterocycles. The second-order valence-electron chi connectivity index (χ2n) is 5.08.